The van der Waals surface area contributed by atoms with Gasteiger partial charge in [-0.1, -0.05) is 37.3 Å². The molecular weight excluding hydrogens is 1340 g/mol. The van der Waals surface area contributed by atoms with Crippen LogP contribution in [-0.4, -0.2) is 236 Å². The number of piperidine rings is 1. The van der Waals surface area contributed by atoms with Crippen LogP contribution in [0.25, 0.3) is 22.3 Å². The van der Waals surface area contributed by atoms with Gasteiger partial charge in [0.2, 0.25) is 29.5 Å². The van der Waals surface area contributed by atoms with Crippen molar-refractivity contribution in [1.82, 2.24) is 51.3 Å². The molecule has 29 nitrogen and oxygen atoms in total. The summed E-state index contributed by atoms with van der Waals surface area (Å²) >= 11 is 0. The number of imide groups is 1. The second kappa shape index (κ2) is 40.3. The Bertz CT molecular complexity index is 3620. The van der Waals surface area contributed by atoms with Gasteiger partial charge in [0, 0.05) is 73.2 Å². The number of amides is 7. The number of pyridine rings is 2. The Labute approximate surface area is 598 Å². The Morgan fingerprint density at radius 3 is 1.91 bits per heavy atom. The van der Waals surface area contributed by atoms with Gasteiger partial charge in [-0.2, -0.15) is 0 Å². The normalized spacial score (nSPS) is 18.7. The third-order valence-electron chi connectivity index (χ3n) is 19.2. The molecule has 2 aromatic heterocycles. The van der Waals surface area contributed by atoms with Crippen LogP contribution in [0.3, 0.4) is 0 Å². The molecule has 6 heterocycles. The maximum atomic E-state index is 15.1. The molecule has 0 radical (unpaired) electrons. The lowest BCUT2D eigenvalue weighted by Gasteiger charge is -2.35. The number of esters is 1. The number of fused-ring (bicyclic) bond motifs is 5. The molecule has 0 spiro atoms. The predicted octanol–water partition coefficient (Wildman–Crippen LogP) is 1.73. The van der Waals surface area contributed by atoms with Gasteiger partial charge in [-0.25, -0.2) is 14.2 Å². The van der Waals surface area contributed by atoms with Crippen molar-refractivity contribution < 1.29 is 90.5 Å². The van der Waals surface area contributed by atoms with Crippen LogP contribution in [0.2, 0.25) is 0 Å². The lowest BCUT2D eigenvalue weighted by atomic mass is 9.81. The van der Waals surface area contributed by atoms with Crippen LogP contribution in [0, 0.1) is 30.5 Å². The molecule has 4 aromatic rings. The summed E-state index contributed by atoms with van der Waals surface area (Å²) in [5.74, 6) is -3.58. The van der Waals surface area contributed by atoms with Crippen molar-refractivity contribution in [3.63, 3.8) is 0 Å². The lowest BCUT2D eigenvalue weighted by molar-refractivity contribution is -0.172. The van der Waals surface area contributed by atoms with E-state index in [2.05, 4.69) is 36.8 Å². The summed E-state index contributed by atoms with van der Waals surface area (Å²) < 4.78 is 66.9. The van der Waals surface area contributed by atoms with Gasteiger partial charge in [0.1, 0.15) is 25.2 Å². The molecule has 1 saturated heterocycles. The van der Waals surface area contributed by atoms with E-state index in [0.29, 0.717) is 154 Å². The summed E-state index contributed by atoms with van der Waals surface area (Å²) in [6.07, 6.45) is 7.11. The highest BCUT2D eigenvalue weighted by molar-refractivity contribution is 6.12. The van der Waals surface area contributed by atoms with E-state index in [1.165, 1.54) is 23.1 Å². The van der Waals surface area contributed by atoms with Gasteiger partial charge in [0.25, 0.3) is 17.4 Å². The van der Waals surface area contributed by atoms with E-state index in [1.807, 2.05) is 25.1 Å². The number of rotatable bonds is 44. The molecule has 4 aliphatic heterocycles. The van der Waals surface area contributed by atoms with Crippen LogP contribution < -0.4 is 37.5 Å². The number of carbonyl (C=O) groups excluding carboxylic acids is 8. The lowest BCUT2D eigenvalue weighted by Crippen LogP contribution is -2.52. The summed E-state index contributed by atoms with van der Waals surface area (Å²) in [7, 11) is 0. The Kier molecular flexibility index (Phi) is 31.0. The smallest absolute Gasteiger partial charge is 0.343 e. The maximum Gasteiger partial charge on any atom is 0.343 e. The standard InChI is InChI=1S/C73H99FN10O19/c1-4-73(94)58-38-62-68-56(45-83(62)71(92)57(58)46-102-72(73)93)55(54-36-48(2)59(74)39-60(54)81-68)44-82-20-16-52(17-21-82)49(3)103-47-79-64(86)41-78-70(91)61(37-50-8-6-5-7-9-50)80-65(87)42-77-63(85)40-75-18-22-95-24-26-97-28-30-99-32-34-101-35-33-100-31-29-98-27-25-96-23-19-76-69(90)53-12-10-51(11-13-53)43-84-66(88)14-15-67(84)89/h5-9,14-15,36,38-39,49,51-53,61,75,94H,4,10-13,16-35,37,40-47H2,1-3H3,(H,76,90)(H,77,85)(H,78,91)(H,79,86)(H,80,87)/t49-,51?,53?,61-,73-/m0/s1. The molecular formula is C73H99FN10O19. The fourth-order valence-corrected chi connectivity index (χ4v) is 13.2. The Morgan fingerprint density at radius 2 is 1.29 bits per heavy atom. The minimum Gasteiger partial charge on any atom is -0.458 e. The largest absolute Gasteiger partial charge is 0.458 e. The molecule has 0 unspecified atom stereocenters. The molecule has 2 fully saturated rings. The summed E-state index contributed by atoms with van der Waals surface area (Å²) in [5, 5.41) is 28.6. The third kappa shape index (κ3) is 23.0. The highest BCUT2D eigenvalue weighted by Crippen LogP contribution is 2.41. The fourth-order valence-electron chi connectivity index (χ4n) is 13.2. The number of nitrogens with zero attached hydrogens (tertiary/aromatic N) is 4. The molecule has 0 bridgehead atoms. The van der Waals surface area contributed by atoms with E-state index >= 15 is 4.39 Å². The third-order valence-corrected chi connectivity index (χ3v) is 19.2. The molecule has 5 aliphatic rings. The zero-order valence-electron chi connectivity index (χ0n) is 59.2. The zero-order valence-corrected chi connectivity index (χ0v) is 59.2. The molecule has 1 saturated carbocycles. The highest BCUT2D eigenvalue weighted by Gasteiger charge is 2.46. The number of cyclic esters (lactones) is 1. The average Bonchev–Trinajstić information content (AvgIpc) is 1.62. The minimum atomic E-state index is -1.99. The molecule has 562 valence electrons. The van der Waals surface area contributed by atoms with E-state index in [9.17, 15) is 48.3 Å². The Hall–Kier alpha value is -8.01. The number of aromatic nitrogens is 2. The number of hydrogen-bond acceptors (Lipinski definition) is 22. The van der Waals surface area contributed by atoms with Crippen molar-refractivity contribution in [2.24, 2.45) is 17.8 Å². The van der Waals surface area contributed by atoms with Gasteiger partial charge >= 0.3 is 5.97 Å². The topological polar surface area (TPSA) is 353 Å². The number of aliphatic hydroxyl groups is 1. The van der Waals surface area contributed by atoms with Crippen LogP contribution >= 0.6 is 0 Å². The number of ether oxygens (including phenoxy) is 9. The number of nitrogens with one attached hydrogen (secondary N) is 6. The summed E-state index contributed by atoms with van der Waals surface area (Å²) in [6, 6.07) is 12.8. The number of carbonyl (C=O) groups is 8. The first-order valence-corrected chi connectivity index (χ1v) is 35.7. The van der Waals surface area contributed by atoms with Crippen molar-refractivity contribution in [3.05, 3.63) is 110 Å². The van der Waals surface area contributed by atoms with Gasteiger partial charge in [-0.15, -0.1) is 0 Å². The maximum absolute atomic E-state index is 15.1. The van der Waals surface area contributed by atoms with E-state index in [1.54, 1.807) is 42.7 Å². The van der Waals surface area contributed by atoms with Crippen molar-refractivity contribution in [2.45, 2.75) is 110 Å². The zero-order chi connectivity index (χ0) is 73.1. The van der Waals surface area contributed by atoms with Crippen molar-refractivity contribution in [3.8, 4) is 11.4 Å². The molecule has 2 aromatic carbocycles. The molecule has 7 N–H and O–H groups in total. The van der Waals surface area contributed by atoms with E-state index < -0.39 is 47.1 Å². The first kappa shape index (κ1) is 79.1. The van der Waals surface area contributed by atoms with Crippen molar-refractivity contribution >= 4 is 58.2 Å². The van der Waals surface area contributed by atoms with Crippen molar-refractivity contribution in [2.75, 3.05) is 152 Å². The first-order valence-electron chi connectivity index (χ1n) is 35.7. The van der Waals surface area contributed by atoms with E-state index in [-0.39, 0.29) is 111 Å². The predicted molar refractivity (Wildman–Crippen MR) is 372 cm³/mol. The highest BCUT2D eigenvalue weighted by atomic mass is 19.1. The molecule has 3 atom stereocenters. The van der Waals surface area contributed by atoms with Gasteiger partial charge in [-0.05, 0) is 113 Å². The van der Waals surface area contributed by atoms with Crippen LogP contribution in [0.1, 0.15) is 92.2 Å². The number of halogens is 1. The quantitative estimate of drug-likeness (QED) is 0.0126. The molecule has 9 rings (SSSR count). The van der Waals surface area contributed by atoms with Crippen LogP contribution in [0.5, 0.6) is 0 Å². The fraction of sp³-hybridized carbons (Fsp3) is 0.589. The van der Waals surface area contributed by atoms with Gasteiger partial charge < -0.3 is 84.2 Å². The number of aryl methyl sites for hydroxylation is 1. The monoisotopic (exact) mass is 1440 g/mol. The summed E-state index contributed by atoms with van der Waals surface area (Å²) in [5.41, 5.74) is 2.41. The number of benzene rings is 2. The van der Waals surface area contributed by atoms with Crippen LogP contribution in [0.15, 0.2) is 65.5 Å². The van der Waals surface area contributed by atoms with E-state index in [0.717, 1.165) is 60.6 Å². The molecule has 103 heavy (non-hydrogen) atoms. The van der Waals surface area contributed by atoms with Gasteiger partial charge in [-0.3, -0.25) is 48.2 Å². The first-order chi connectivity index (χ1) is 49.9. The van der Waals surface area contributed by atoms with Crippen LogP contribution in [-0.2, 0) is 113 Å². The van der Waals surface area contributed by atoms with Gasteiger partial charge in [0.15, 0.2) is 5.60 Å². The second-order valence-corrected chi connectivity index (χ2v) is 26.3. The van der Waals surface area contributed by atoms with Gasteiger partial charge in [0.05, 0.1) is 147 Å². The second-order valence-electron chi connectivity index (χ2n) is 26.3. The molecule has 7 amide bonds. The molecule has 1 aliphatic carbocycles. The number of likely N-dealkylation sites (tertiary alicyclic amines) is 1. The van der Waals surface area contributed by atoms with E-state index in [4.69, 9.17) is 47.6 Å². The van der Waals surface area contributed by atoms with Crippen LogP contribution in [0.4, 0.5) is 4.39 Å². The SMILES string of the molecule is CC[C@@]1(O)C(=O)OCc2c1cc1n(c2=O)Cc2c-1nc1cc(F)c(C)cc1c2CN1CCC([C@H](C)OCNC(=O)CNC(=O)[C@H](Cc2ccccc2)NC(=O)CNC(=O)CNCCOCCOCCOCCOCCOCCOCCOCCNC(=O)C2CCC(CN3C(=O)C=CC3=O)CC2)CC1. The molecule has 30 heteroatoms. The average molecular weight is 1440 g/mol. The Morgan fingerprint density at radius 1 is 0.699 bits per heavy atom. The summed E-state index contributed by atoms with van der Waals surface area (Å²) in [4.78, 5) is 124. The minimum absolute atomic E-state index is 0.00602. The number of hydrogen-bond donors (Lipinski definition) is 7. The Balaban J connectivity index is 0.553. The summed E-state index contributed by atoms with van der Waals surface area (Å²) in [6.45, 7) is 12.8. The van der Waals surface area contributed by atoms with Crippen molar-refractivity contribution in [1.29, 1.82) is 0 Å².